The first-order valence-corrected chi connectivity index (χ1v) is 3.39. The Balaban J connectivity index is 3.97. The summed E-state index contributed by atoms with van der Waals surface area (Å²) in [7, 11) is 0. The second-order valence-electron chi connectivity index (χ2n) is 1.64. The molecule has 0 saturated carbocycles. The number of hydrogen-bond acceptors (Lipinski definition) is 3. The van der Waals surface area contributed by atoms with E-state index in [9.17, 15) is 4.79 Å². The Labute approximate surface area is 71.2 Å². The minimum atomic E-state index is -0.516. The van der Waals surface area contributed by atoms with Gasteiger partial charge in [-0.3, -0.25) is 0 Å². The molecule has 0 bridgehead atoms. The number of carbonyl (C=O) groups excluding carboxylic acids is 1. The van der Waals surface area contributed by atoms with Crippen molar-refractivity contribution in [2.75, 3.05) is 6.54 Å². The Morgan fingerprint density at radius 2 is 2.00 bits per heavy atom. The Morgan fingerprint density at radius 1 is 1.50 bits per heavy atom. The van der Waals surface area contributed by atoms with Gasteiger partial charge < -0.3 is 15.0 Å². The molecule has 1 N–H and O–H groups in total. The van der Waals surface area contributed by atoms with Gasteiger partial charge in [0.15, 0.2) is 0 Å². The van der Waals surface area contributed by atoms with Crippen LogP contribution in [-0.4, -0.2) is 17.8 Å². The van der Waals surface area contributed by atoms with Crippen LogP contribution in [0.4, 0.5) is 4.79 Å². The number of hydrogen-bond donors (Lipinski definition) is 1. The van der Waals surface area contributed by atoms with Crippen LogP contribution >= 0.6 is 0 Å². The highest BCUT2D eigenvalue weighted by Crippen LogP contribution is 1.93. The van der Waals surface area contributed by atoms with Crippen LogP contribution in [0.5, 0.6) is 0 Å². The SMILES string of the molecule is C=CON(OC=C)C(=O)NCC. The Kier molecular flexibility index (Phi) is 5.25. The fourth-order valence-electron chi connectivity index (χ4n) is 0.472. The number of amides is 2. The number of carbonyl (C=O) groups is 1. The summed E-state index contributed by atoms with van der Waals surface area (Å²) in [5.41, 5.74) is 0. The van der Waals surface area contributed by atoms with E-state index >= 15 is 0 Å². The summed E-state index contributed by atoms with van der Waals surface area (Å²) in [6.07, 6.45) is 2.14. The molecule has 12 heavy (non-hydrogen) atoms. The van der Waals surface area contributed by atoms with Crippen molar-refractivity contribution in [1.29, 1.82) is 0 Å². The van der Waals surface area contributed by atoms with Crippen LogP contribution in [0.1, 0.15) is 6.92 Å². The highest BCUT2D eigenvalue weighted by atomic mass is 17.0. The highest BCUT2D eigenvalue weighted by Gasteiger charge is 2.12. The van der Waals surface area contributed by atoms with Gasteiger partial charge in [-0.05, 0) is 6.92 Å². The summed E-state index contributed by atoms with van der Waals surface area (Å²) < 4.78 is 0. The Hall–Kier alpha value is -1.65. The van der Waals surface area contributed by atoms with Crippen molar-refractivity contribution in [2.24, 2.45) is 0 Å². The van der Waals surface area contributed by atoms with E-state index in [4.69, 9.17) is 0 Å². The standard InChI is InChI=1S/C7H12N2O3/c1-4-8-7(10)9(11-5-2)12-6-3/h5-6H,2-4H2,1H3,(H,8,10). The van der Waals surface area contributed by atoms with E-state index in [1.807, 2.05) is 0 Å². The second kappa shape index (κ2) is 6.09. The van der Waals surface area contributed by atoms with Crippen molar-refractivity contribution in [3.63, 3.8) is 0 Å². The molecule has 0 atom stereocenters. The molecule has 0 aliphatic carbocycles. The number of nitrogens with zero attached hydrogens (tertiary/aromatic N) is 1. The molecule has 0 saturated heterocycles. The number of rotatable bonds is 5. The van der Waals surface area contributed by atoms with Crippen molar-refractivity contribution < 1.29 is 14.5 Å². The maximum atomic E-state index is 11.0. The number of hydroxylamine groups is 2. The van der Waals surface area contributed by atoms with E-state index in [0.717, 1.165) is 12.5 Å². The summed E-state index contributed by atoms with van der Waals surface area (Å²) in [4.78, 5) is 20.2. The van der Waals surface area contributed by atoms with Crippen LogP contribution in [0.3, 0.4) is 0 Å². The predicted octanol–water partition coefficient (Wildman–Crippen LogP) is 1.17. The third-order valence-corrected chi connectivity index (χ3v) is 0.834. The predicted molar refractivity (Wildman–Crippen MR) is 43.5 cm³/mol. The van der Waals surface area contributed by atoms with Gasteiger partial charge >= 0.3 is 6.03 Å². The average Bonchev–Trinajstić information content (AvgIpc) is 2.04. The first-order valence-electron chi connectivity index (χ1n) is 3.39. The van der Waals surface area contributed by atoms with E-state index in [1.165, 1.54) is 0 Å². The van der Waals surface area contributed by atoms with Gasteiger partial charge in [0.05, 0.1) is 0 Å². The lowest BCUT2D eigenvalue weighted by molar-refractivity contribution is -0.265. The molecule has 0 spiro atoms. The summed E-state index contributed by atoms with van der Waals surface area (Å²) in [6, 6.07) is -0.516. The van der Waals surface area contributed by atoms with Crippen LogP contribution in [0.15, 0.2) is 25.7 Å². The van der Waals surface area contributed by atoms with Gasteiger partial charge in [-0.1, -0.05) is 13.2 Å². The average molecular weight is 172 g/mol. The minimum Gasteiger partial charge on any atom is -0.350 e. The number of urea groups is 1. The molecular formula is C7H12N2O3. The van der Waals surface area contributed by atoms with Gasteiger partial charge in [0, 0.05) is 11.8 Å². The topological polar surface area (TPSA) is 50.8 Å². The highest BCUT2D eigenvalue weighted by molar-refractivity contribution is 5.71. The molecule has 5 heteroatoms. The first kappa shape index (κ1) is 10.3. The first-order chi connectivity index (χ1) is 5.76. The zero-order valence-corrected chi connectivity index (χ0v) is 6.95. The lowest BCUT2D eigenvalue weighted by Crippen LogP contribution is -2.37. The van der Waals surface area contributed by atoms with Gasteiger partial charge in [0.2, 0.25) is 0 Å². The zero-order chi connectivity index (χ0) is 9.40. The van der Waals surface area contributed by atoms with Crippen LogP contribution < -0.4 is 5.32 Å². The van der Waals surface area contributed by atoms with Crippen molar-refractivity contribution >= 4 is 6.03 Å². The molecule has 0 aliphatic heterocycles. The lowest BCUT2D eigenvalue weighted by Gasteiger charge is -2.16. The monoisotopic (exact) mass is 172 g/mol. The van der Waals surface area contributed by atoms with E-state index in [2.05, 4.69) is 28.1 Å². The molecule has 0 unspecified atom stereocenters. The molecule has 0 radical (unpaired) electrons. The van der Waals surface area contributed by atoms with Crippen LogP contribution in [0.25, 0.3) is 0 Å². The van der Waals surface area contributed by atoms with Crippen molar-refractivity contribution in [3.05, 3.63) is 25.7 Å². The van der Waals surface area contributed by atoms with Crippen LogP contribution in [0.2, 0.25) is 0 Å². The third kappa shape index (κ3) is 3.50. The third-order valence-electron chi connectivity index (χ3n) is 0.834. The molecule has 0 aromatic rings. The van der Waals surface area contributed by atoms with E-state index < -0.39 is 6.03 Å². The van der Waals surface area contributed by atoms with E-state index in [1.54, 1.807) is 6.92 Å². The maximum absolute atomic E-state index is 11.0. The molecule has 0 aromatic carbocycles. The van der Waals surface area contributed by atoms with Crippen LogP contribution in [0, 0.1) is 0 Å². The second-order valence-corrected chi connectivity index (χ2v) is 1.64. The minimum absolute atomic E-state index is 0.482. The molecule has 0 fully saturated rings. The van der Waals surface area contributed by atoms with Crippen molar-refractivity contribution in [2.45, 2.75) is 6.92 Å². The smallest absolute Gasteiger partial charge is 0.350 e. The molecule has 0 rings (SSSR count). The van der Waals surface area contributed by atoms with Crippen molar-refractivity contribution in [3.8, 4) is 0 Å². The summed E-state index contributed by atoms with van der Waals surface area (Å²) in [5, 5.41) is 3.09. The quantitative estimate of drug-likeness (QED) is 0.500. The summed E-state index contributed by atoms with van der Waals surface area (Å²) in [6.45, 7) is 8.79. The van der Waals surface area contributed by atoms with Gasteiger partial charge in [0.1, 0.15) is 12.5 Å². The maximum Gasteiger partial charge on any atom is 0.388 e. The molecule has 0 aliphatic rings. The summed E-state index contributed by atoms with van der Waals surface area (Å²) in [5.74, 6) is 0. The molecule has 2 amide bonds. The Morgan fingerprint density at radius 3 is 2.33 bits per heavy atom. The molecule has 0 heterocycles. The Bertz CT molecular complexity index is 160. The number of nitrogens with one attached hydrogen (secondary N) is 1. The molecule has 68 valence electrons. The molecular weight excluding hydrogens is 160 g/mol. The normalized spacial score (nSPS) is 8.08. The summed E-state index contributed by atoms with van der Waals surface area (Å²) >= 11 is 0. The van der Waals surface area contributed by atoms with Gasteiger partial charge in [-0.25, -0.2) is 4.79 Å². The fourth-order valence-corrected chi connectivity index (χ4v) is 0.472. The molecule has 0 aromatic heterocycles. The zero-order valence-electron chi connectivity index (χ0n) is 6.95. The lowest BCUT2D eigenvalue weighted by atomic mass is 10.7. The van der Waals surface area contributed by atoms with Gasteiger partial charge in [-0.2, -0.15) is 0 Å². The van der Waals surface area contributed by atoms with E-state index in [0.29, 0.717) is 11.8 Å². The van der Waals surface area contributed by atoms with Gasteiger partial charge in [0.25, 0.3) is 0 Å². The van der Waals surface area contributed by atoms with Gasteiger partial charge in [-0.15, -0.1) is 0 Å². The largest absolute Gasteiger partial charge is 0.388 e. The van der Waals surface area contributed by atoms with E-state index in [-0.39, 0.29) is 0 Å². The fraction of sp³-hybridized carbons (Fsp3) is 0.286. The molecule has 5 nitrogen and oxygen atoms in total. The van der Waals surface area contributed by atoms with Crippen molar-refractivity contribution in [1.82, 2.24) is 10.5 Å². The van der Waals surface area contributed by atoms with Crippen LogP contribution in [-0.2, 0) is 9.68 Å².